The van der Waals surface area contributed by atoms with Crippen molar-refractivity contribution < 1.29 is 9.32 Å². The minimum atomic E-state index is -0.382. The van der Waals surface area contributed by atoms with Crippen molar-refractivity contribution in [1.29, 1.82) is 0 Å². The van der Waals surface area contributed by atoms with E-state index in [2.05, 4.69) is 20.6 Å². The van der Waals surface area contributed by atoms with E-state index in [0.717, 1.165) is 0 Å². The Labute approximate surface area is 205 Å². The third-order valence-electron chi connectivity index (χ3n) is 5.62. The number of halogens is 1. The monoisotopic (exact) mass is 485 g/mol. The Morgan fingerprint density at radius 3 is 2.54 bits per heavy atom. The highest BCUT2D eigenvalue weighted by Crippen LogP contribution is 2.31. The van der Waals surface area contributed by atoms with Gasteiger partial charge in [-0.2, -0.15) is 5.10 Å². The van der Waals surface area contributed by atoms with Crippen LogP contribution in [-0.4, -0.2) is 25.8 Å². The number of hydrogen-bond donors (Lipinski definition) is 1. The molecule has 0 aliphatic heterocycles. The molecule has 0 aliphatic rings. The van der Waals surface area contributed by atoms with Crippen LogP contribution in [-0.2, 0) is 13.1 Å². The van der Waals surface area contributed by atoms with E-state index in [0.29, 0.717) is 49.8 Å². The molecule has 3 aromatic heterocycles. The van der Waals surface area contributed by atoms with Crippen LogP contribution in [0.3, 0.4) is 0 Å². The van der Waals surface area contributed by atoms with Crippen LogP contribution in [0, 0.1) is 6.92 Å². The van der Waals surface area contributed by atoms with Crippen molar-refractivity contribution in [3.63, 3.8) is 0 Å². The molecule has 35 heavy (non-hydrogen) atoms. The number of aryl methyl sites for hydroxylation is 1. The molecule has 8 nitrogen and oxygen atoms in total. The second kappa shape index (κ2) is 9.52. The number of pyridine rings is 1. The first-order valence-electron chi connectivity index (χ1n) is 10.9. The van der Waals surface area contributed by atoms with E-state index < -0.39 is 0 Å². The highest BCUT2D eigenvalue weighted by Gasteiger charge is 2.23. The van der Waals surface area contributed by atoms with E-state index in [1.54, 1.807) is 43.5 Å². The van der Waals surface area contributed by atoms with Crippen molar-refractivity contribution in [2.24, 2.45) is 0 Å². The van der Waals surface area contributed by atoms with E-state index >= 15 is 0 Å². The van der Waals surface area contributed by atoms with Gasteiger partial charge in [0.1, 0.15) is 17.0 Å². The highest BCUT2D eigenvalue weighted by molar-refractivity contribution is 6.33. The lowest BCUT2D eigenvalue weighted by molar-refractivity contribution is 0.0949. The van der Waals surface area contributed by atoms with E-state index in [9.17, 15) is 9.59 Å². The largest absolute Gasteiger partial charge is 0.360 e. The molecule has 0 saturated heterocycles. The van der Waals surface area contributed by atoms with Crippen molar-refractivity contribution in [3.8, 4) is 11.3 Å². The average molecular weight is 486 g/mol. The lowest BCUT2D eigenvalue weighted by atomic mass is 10.1. The summed E-state index contributed by atoms with van der Waals surface area (Å²) in [7, 11) is 0. The van der Waals surface area contributed by atoms with Gasteiger partial charge in [-0.25, -0.2) is 4.68 Å². The average Bonchev–Trinajstić information content (AvgIpc) is 3.27. The van der Waals surface area contributed by atoms with Crippen molar-refractivity contribution in [1.82, 2.24) is 25.2 Å². The van der Waals surface area contributed by atoms with Gasteiger partial charge in [0, 0.05) is 17.1 Å². The lowest BCUT2D eigenvalue weighted by Crippen LogP contribution is -2.29. The molecule has 1 amide bonds. The van der Waals surface area contributed by atoms with Crippen LogP contribution in [0.15, 0.2) is 82.2 Å². The van der Waals surface area contributed by atoms with Crippen LogP contribution < -0.4 is 10.9 Å². The van der Waals surface area contributed by atoms with E-state index in [4.69, 9.17) is 16.1 Å². The first-order chi connectivity index (χ1) is 17.0. The number of carbonyl (C=O) groups is 1. The maximum Gasteiger partial charge on any atom is 0.275 e. The van der Waals surface area contributed by atoms with Gasteiger partial charge in [-0.05, 0) is 31.2 Å². The summed E-state index contributed by atoms with van der Waals surface area (Å²) in [6.07, 6.45) is 1.67. The molecule has 174 valence electrons. The summed E-state index contributed by atoms with van der Waals surface area (Å²) in [5.41, 5.74) is 2.29. The molecule has 2 aromatic carbocycles. The Balaban J connectivity index is 1.48. The van der Waals surface area contributed by atoms with Gasteiger partial charge >= 0.3 is 0 Å². The molecule has 0 atom stereocenters. The number of aromatic nitrogens is 4. The van der Waals surface area contributed by atoms with E-state index in [1.165, 1.54) is 4.68 Å². The Hall–Kier alpha value is -4.30. The second-order valence-corrected chi connectivity index (χ2v) is 8.31. The molecule has 9 heteroatoms. The smallest absolute Gasteiger partial charge is 0.275 e. The zero-order chi connectivity index (χ0) is 24.4. The minimum Gasteiger partial charge on any atom is -0.360 e. The minimum absolute atomic E-state index is 0.0917. The van der Waals surface area contributed by atoms with Crippen molar-refractivity contribution in [3.05, 3.63) is 111 Å². The summed E-state index contributed by atoms with van der Waals surface area (Å²) < 4.78 is 6.68. The maximum atomic E-state index is 13.2. The highest BCUT2D eigenvalue weighted by atomic mass is 35.5. The molecule has 5 rings (SSSR count). The number of fused-ring (bicyclic) bond motifs is 1. The summed E-state index contributed by atoms with van der Waals surface area (Å²) in [5.74, 6) is -0.0117. The predicted octanol–water partition coefficient (Wildman–Crippen LogP) is 4.39. The third-order valence-corrected chi connectivity index (χ3v) is 5.95. The summed E-state index contributed by atoms with van der Waals surface area (Å²) in [6, 6.07) is 19.8. The quantitative estimate of drug-likeness (QED) is 0.382. The molecule has 0 spiro atoms. The van der Waals surface area contributed by atoms with Gasteiger partial charge in [-0.15, -0.1) is 0 Å². The van der Waals surface area contributed by atoms with E-state index in [-0.39, 0.29) is 24.6 Å². The number of nitrogens with zero attached hydrogens (tertiary/aromatic N) is 4. The molecule has 0 aliphatic carbocycles. The van der Waals surface area contributed by atoms with Gasteiger partial charge in [0.25, 0.3) is 11.5 Å². The fourth-order valence-corrected chi connectivity index (χ4v) is 4.14. The molecule has 0 radical (unpaired) electrons. The number of benzene rings is 2. The molecular weight excluding hydrogens is 466 g/mol. The van der Waals surface area contributed by atoms with E-state index in [1.807, 2.05) is 36.4 Å². The summed E-state index contributed by atoms with van der Waals surface area (Å²) in [6.45, 7) is 1.98. The molecule has 5 aromatic rings. The number of amides is 1. The van der Waals surface area contributed by atoms with Crippen LogP contribution in [0.5, 0.6) is 0 Å². The third kappa shape index (κ3) is 4.43. The zero-order valence-electron chi connectivity index (χ0n) is 18.7. The molecule has 0 bridgehead atoms. The summed E-state index contributed by atoms with van der Waals surface area (Å²) >= 11 is 6.32. The van der Waals surface area contributed by atoms with Crippen LogP contribution in [0.1, 0.15) is 27.5 Å². The van der Waals surface area contributed by atoms with Gasteiger partial charge in [0.15, 0.2) is 0 Å². The van der Waals surface area contributed by atoms with Gasteiger partial charge in [-0.3, -0.25) is 14.6 Å². The molecule has 0 saturated carbocycles. The standard InChI is InChI=1S/C26H20ClN5O3/c1-16-23(24(31-35-16)20-11-4-5-12-21(20)27)25(33)29-14-22-18-9-2-3-10-19(18)26(34)32(30-22)15-17-8-6-7-13-28-17/h2-13H,14-15H2,1H3,(H,29,33). The van der Waals surface area contributed by atoms with Crippen LogP contribution in [0.2, 0.25) is 5.02 Å². The molecule has 3 heterocycles. The Kier molecular flexibility index (Phi) is 6.12. The van der Waals surface area contributed by atoms with Crippen molar-refractivity contribution >= 4 is 28.3 Å². The Bertz CT molecular complexity index is 1590. The SMILES string of the molecule is Cc1onc(-c2ccccc2Cl)c1C(=O)NCc1nn(Cc2ccccn2)c(=O)c2ccccc12. The Morgan fingerprint density at radius 2 is 1.77 bits per heavy atom. The normalized spacial score (nSPS) is 11.0. The molecule has 0 unspecified atom stereocenters. The second-order valence-electron chi connectivity index (χ2n) is 7.90. The lowest BCUT2D eigenvalue weighted by Gasteiger charge is -2.12. The number of nitrogens with one attached hydrogen (secondary N) is 1. The fraction of sp³-hybridized carbons (Fsp3) is 0.115. The topological polar surface area (TPSA) is 103 Å². The van der Waals surface area contributed by atoms with Gasteiger partial charge in [-0.1, -0.05) is 59.2 Å². The zero-order valence-corrected chi connectivity index (χ0v) is 19.5. The number of hydrogen-bond acceptors (Lipinski definition) is 6. The van der Waals surface area contributed by atoms with Crippen LogP contribution >= 0.6 is 11.6 Å². The van der Waals surface area contributed by atoms with Gasteiger partial charge < -0.3 is 9.84 Å². The first-order valence-corrected chi connectivity index (χ1v) is 11.3. The van der Waals surface area contributed by atoms with Crippen molar-refractivity contribution in [2.45, 2.75) is 20.0 Å². The fourth-order valence-electron chi connectivity index (χ4n) is 3.92. The molecular formula is C26H20ClN5O3. The van der Waals surface area contributed by atoms with Crippen LogP contribution in [0.25, 0.3) is 22.0 Å². The molecule has 1 N–H and O–H groups in total. The summed E-state index contributed by atoms with van der Waals surface area (Å²) in [4.78, 5) is 30.6. The number of rotatable bonds is 6. The summed E-state index contributed by atoms with van der Waals surface area (Å²) in [5, 5.41) is 13.2. The van der Waals surface area contributed by atoms with Gasteiger partial charge in [0.2, 0.25) is 0 Å². The first kappa shape index (κ1) is 22.5. The van der Waals surface area contributed by atoms with Crippen LogP contribution in [0.4, 0.5) is 0 Å². The number of carbonyl (C=O) groups excluding carboxylic acids is 1. The van der Waals surface area contributed by atoms with Gasteiger partial charge in [0.05, 0.1) is 34.9 Å². The maximum absolute atomic E-state index is 13.2. The molecule has 0 fully saturated rings. The predicted molar refractivity (Wildman–Crippen MR) is 132 cm³/mol. The van der Waals surface area contributed by atoms with Crippen molar-refractivity contribution in [2.75, 3.05) is 0 Å². The Morgan fingerprint density at radius 1 is 1.03 bits per heavy atom.